The molecule has 72 valence electrons. The number of Topliss-reactive ketones (excluding diaryl/α,β-unsaturated/α-hetero) is 1. The Balaban J connectivity index is 4.38. The number of hydrogen-bond acceptors (Lipinski definition) is 3. The van der Waals surface area contributed by atoms with Gasteiger partial charge in [0, 0.05) is 6.61 Å². The SMILES string of the molecule is CCOC(C)(NS(=O)O)C(C)=O. The zero-order chi connectivity index (χ0) is 9.78. The highest BCUT2D eigenvalue weighted by Crippen LogP contribution is 2.07. The highest BCUT2D eigenvalue weighted by atomic mass is 32.2. The Labute approximate surface area is 73.9 Å². The van der Waals surface area contributed by atoms with Gasteiger partial charge in [0.25, 0.3) is 0 Å². The molecule has 0 amide bonds. The smallest absolute Gasteiger partial charge is 0.234 e. The summed E-state index contributed by atoms with van der Waals surface area (Å²) in [6, 6.07) is 0. The van der Waals surface area contributed by atoms with Crippen molar-refractivity contribution in [3.05, 3.63) is 0 Å². The van der Waals surface area contributed by atoms with Crippen LogP contribution in [0.25, 0.3) is 0 Å². The van der Waals surface area contributed by atoms with Gasteiger partial charge in [-0.25, -0.2) is 4.21 Å². The molecule has 6 heteroatoms. The van der Waals surface area contributed by atoms with E-state index in [0.29, 0.717) is 6.61 Å². The average Bonchev–Trinajstić information content (AvgIpc) is 1.85. The van der Waals surface area contributed by atoms with Crippen molar-refractivity contribution in [3.63, 3.8) is 0 Å². The van der Waals surface area contributed by atoms with Crippen LogP contribution in [0.15, 0.2) is 0 Å². The van der Waals surface area contributed by atoms with Gasteiger partial charge in [-0.05, 0) is 20.8 Å². The third kappa shape index (κ3) is 3.40. The van der Waals surface area contributed by atoms with Gasteiger partial charge in [-0.1, -0.05) is 0 Å². The molecule has 0 saturated heterocycles. The number of ketones is 1. The van der Waals surface area contributed by atoms with E-state index in [4.69, 9.17) is 9.29 Å². The molecule has 0 aliphatic heterocycles. The molecule has 0 saturated carbocycles. The van der Waals surface area contributed by atoms with Crippen molar-refractivity contribution in [2.45, 2.75) is 26.5 Å². The van der Waals surface area contributed by atoms with Gasteiger partial charge in [-0.3, -0.25) is 9.35 Å². The van der Waals surface area contributed by atoms with Crippen molar-refractivity contribution >= 4 is 17.0 Å². The van der Waals surface area contributed by atoms with Crippen LogP contribution in [0.2, 0.25) is 0 Å². The molecule has 0 radical (unpaired) electrons. The maximum atomic E-state index is 11.0. The first kappa shape index (κ1) is 11.7. The van der Waals surface area contributed by atoms with E-state index in [1.54, 1.807) is 6.92 Å². The summed E-state index contributed by atoms with van der Waals surface area (Å²) in [5.41, 5.74) is -1.37. The fourth-order valence-corrected chi connectivity index (χ4v) is 1.19. The molecule has 0 bridgehead atoms. The second-order valence-corrected chi connectivity index (χ2v) is 3.08. The number of nitrogens with one attached hydrogen (secondary N) is 1. The number of hydrogen-bond donors (Lipinski definition) is 2. The van der Waals surface area contributed by atoms with Crippen LogP contribution in [0, 0.1) is 0 Å². The summed E-state index contributed by atoms with van der Waals surface area (Å²) in [5, 5.41) is 0. The van der Waals surface area contributed by atoms with E-state index in [0.717, 1.165) is 0 Å². The van der Waals surface area contributed by atoms with Crippen molar-refractivity contribution in [3.8, 4) is 0 Å². The first-order chi connectivity index (χ1) is 5.42. The Morgan fingerprint density at radius 3 is 2.50 bits per heavy atom. The van der Waals surface area contributed by atoms with Crippen molar-refractivity contribution in [1.82, 2.24) is 4.72 Å². The second kappa shape index (κ2) is 4.66. The van der Waals surface area contributed by atoms with Gasteiger partial charge in [0.1, 0.15) is 0 Å². The summed E-state index contributed by atoms with van der Waals surface area (Å²) in [6.45, 7) is 4.69. The predicted octanol–water partition coefficient (Wildman–Crippen LogP) is 0.0544. The lowest BCUT2D eigenvalue weighted by Gasteiger charge is -2.25. The summed E-state index contributed by atoms with van der Waals surface area (Å²) in [5.74, 6) is -0.341. The average molecular weight is 195 g/mol. The molecule has 0 fully saturated rings. The van der Waals surface area contributed by atoms with Gasteiger partial charge in [0.05, 0.1) is 0 Å². The number of ether oxygens (including phenoxy) is 1. The minimum atomic E-state index is -2.25. The third-order valence-corrected chi connectivity index (χ3v) is 1.95. The fraction of sp³-hybridized carbons (Fsp3) is 0.833. The van der Waals surface area contributed by atoms with Crippen LogP contribution in [0.3, 0.4) is 0 Å². The van der Waals surface area contributed by atoms with E-state index in [2.05, 4.69) is 4.72 Å². The molecule has 2 unspecified atom stereocenters. The summed E-state index contributed by atoms with van der Waals surface area (Å²) in [4.78, 5) is 11.0. The zero-order valence-electron chi connectivity index (χ0n) is 7.29. The van der Waals surface area contributed by atoms with Crippen LogP contribution < -0.4 is 4.72 Å². The predicted molar refractivity (Wildman–Crippen MR) is 44.6 cm³/mol. The van der Waals surface area contributed by atoms with Crippen LogP contribution >= 0.6 is 0 Å². The van der Waals surface area contributed by atoms with Crippen LogP contribution in [0.1, 0.15) is 20.8 Å². The molecular formula is C6H13NO4S. The summed E-state index contributed by atoms with van der Waals surface area (Å²) < 4.78 is 26.0. The van der Waals surface area contributed by atoms with Crippen molar-refractivity contribution in [2.24, 2.45) is 0 Å². The van der Waals surface area contributed by atoms with E-state index in [1.165, 1.54) is 13.8 Å². The number of rotatable bonds is 5. The van der Waals surface area contributed by atoms with E-state index in [-0.39, 0.29) is 5.78 Å². The molecule has 0 aliphatic carbocycles. The minimum Gasteiger partial charge on any atom is -0.353 e. The van der Waals surface area contributed by atoms with Gasteiger partial charge in [-0.15, -0.1) is 0 Å². The topological polar surface area (TPSA) is 75.6 Å². The van der Waals surface area contributed by atoms with E-state index in [1.807, 2.05) is 0 Å². The maximum Gasteiger partial charge on any atom is 0.234 e. The standard InChI is InChI=1S/C6H13NO4S/c1-4-11-6(3,5(2)8)7-12(9)10/h7H,4H2,1-3H3,(H,9,10). The molecule has 0 heterocycles. The Bertz CT molecular complexity index is 196. The largest absolute Gasteiger partial charge is 0.353 e. The Morgan fingerprint density at radius 1 is 1.75 bits per heavy atom. The van der Waals surface area contributed by atoms with Crippen LogP contribution in [0.4, 0.5) is 0 Å². The molecule has 5 nitrogen and oxygen atoms in total. The zero-order valence-corrected chi connectivity index (χ0v) is 8.10. The molecule has 0 aromatic carbocycles. The molecule has 0 aromatic rings. The van der Waals surface area contributed by atoms with Crippen LogP contribution in [-0.2, 0) is 20.8 Å². The van der Waals surface area contributed by atoms with Crippen molar-refractivity contribution < 1.29 is 18.3 Å². The van der Waals surface area contributed by atoms with Gasteiger partial charge >= 0.3 is 0 Å². The molecule has 0 spiro atoms. The first-order valence-electron chi connectivity index (χ1n) is 3.46. The Morgan fingerprint density at radius 2 is 2.25 bits per heavy atom. The second-order valence-electron chi connectivity index (χ2n) is 2.37. The van der Waals surface area contributed by atoms with Crippen LogP contribution in [0.5, 0.6) is 0 Å². The minimum absolute atomic E-state index is 0.292. The lowest BCUT2D eigenvalue weighted by Crippen LogP contribution is -2.51. The van der Waals surface area contributed by atoms with E-state index >= 15 is 0 Å². The van der Waals surface area contributed by atoms with Crippen molar-refractivity contribution in [1.29, 1.82) is 0 Å². The first-order valence-corrected chi connectivity index (χ1v) is 4.56. The molecule has 2 N–H and O–H groups in total. The fourth-order valence-electron chi connectivity index (χ4n) is 0.658. The van der Waals surface area contributed by atoms with E-state index in [9.17, 15) is 9.00 Å². The lowest BCUT2D eigenvalue weighted by molar-refractivity contribution is -0.141. The maximum absolute atomic E-state index is 11.0. The number of carbonyl (C=O) groups is 1. The van der Waals surface area contributed by atoms with Crippen LogP contribution in [-0.4, -0.2) is 26.9 Å². The molecule has 12 heavy (non-hydrogen) atoms. The summed E-state index contributed by atoms with van der Waals surface area (Å²) >= 11 is -2.25. The summed E-state index contributed by atoms with van der Waals surface area (Å²) in [6.07, 6.45) is 0. The molecule has 2 atom stereocenters. The third-order valence-electron chi connectivity index (χ3n) is 1.39. The van der Waals surface area contributed by atoms with E-state index < -0.39 is 17.0 Å². The monoisotopic (exact) mass is 195 g/mol. The van der Waals surface area contributed by atoms with Gasteiger partial charge in [-0.2, -0.15) is 4.72 Å². The normalized spacial score (nSPS) is 18.3. The molecule has 0 rings (SSSR count). The Kier molecular flexibility index (Phi) is 4.54. The molecule has 0 aliphatic rings. The van der Waals surface area contributed by atoms with Gasteiger partial charge in [0.2, 0.25) is 11.3 Å². The van der Waals surface area contributed by atoms with Gasteiger partial charge in [0.15, 0.2) is 11.5 Å². The molecule has 0 aromatic heterocycles. The van der Waals surface area contributed by atoms with Gasteiger partial charge < -0.3 is 4.74 Å². The summed E-state index contributed by atoms with van der Waals surface area (Å²) in [7, 11) is 0. The highest BCUT2D eigenvalue weighted by molar-refractivity contribution is 7.77. The lowest BCUT2D eigenvalue weighted by atomic mass is 10.2. The van der Waals surface area contributed by atoms with Crippen molar-refractivity contribution in [2.75, 3.05) is 6.61 Å². The Hall–Kier alpha value is -0.300. The quantitative estimate of drug-likeness (QED) is 0.480. The molecular weight excluding hydrogens is 182 g/mol. The highest BCUT2D eigenvalue weighted by Gasteiger charge is 2.31. The number of carbonyl (C=O) groups excluding carboxylic acids is 1.